The zero-order valence-electron chi connectivity index (χ0n) is 24.5. The van der Waals surface area contributed by atoms with Gasteiger partial charge in [0.05, 0.1) is 28.8 Å². The highest BCUT2D eigenvalue weighted by molar-refractivity contribution is 6.02. The number of aromatic nitrogens is 3. The largest absolute Gasteiger partial charge is 0.416 e. The van der Waals surface area contributed by atoms with Crippen LogP contribution in [0.25, 0.3) is 22.2 Å². The highest BCUT2D eigenvalue weighted by Gasteiger charge is 2.34. The summed E-state index contributed by atoms with van der Waals surface area (Å²) in [6.45, 7) is 6.46. The molecule has 1 aliphatic rings. The van der Waals surface area contributed by atoms with Gasteiger partial charge in [0.25, 0.3) is 0 Å². The average molecular weight is 615 g/mol. The van der Waals surface area contributed by atoms with Crippen LogP contribution in [0.1, 0.15) is 25.0 Å². The number of nitrogen functional groups attached to an aromatic ring is 1. The molecule has 1 fully saturated rings. The molecule has 1 aliphatic heterocycles. The second kappa shape index (κ2) is 12.0. The van der Waals surface area contributed by atoms with E-state index < -0.39 is 29.2 Å². The average Bonchev–Trinajstić information content (AvgIpc) is 3.29. The monoisotopic (exact) mass is 614 g/mol. The second-order valence-electron chi connectivity index (χ2n) is 11.7. The van der Waals surface area contributed by atoms with Crippen LogP contribution in [-0.4, -0.2) is 74.3 Å². The number of amides is 2. The first-order valence-electron chi connectivity index (χ1n) is 14.0. The summed E-state index contributed by atoms with van der Waals surface area (Å²) in [6, 6.07) is 6.83. The zero-order chi connectivity index (χ0) is 31.8. The van der Waals surface area contributed by atoms with Crippen LogP contribution < -0.4 is 16.4 Å². The predicted molar refractivity (Wildman–Crippen MR) is 160 cm³/mol. The topological polar surface area (TPSA) is 125 Å². The maximum atomic E-state index is 15.2. The molecule has 234 valence electrons. The molecule has 1 saturated heterocycles. The minimum Gasteiger partial charge on any atom is -0.389 e. The van der Waals surface area contributed by atoms with Crippen molar-refractivity contribution in [3.05, 3.63) is 65.9 Å². The molecule has 0 spiro atoms. The highest BCUT2D eigenvalue weighted by atomic mass is 19.4. The molecule has 2 aromatic carbocycles. The van der Waals surface area contributed by atoms with Crippen molar-refractivity contribution in [1.82, 2.24) is 24.3 Å². The van der Waals surface area contributed by atoms with Gasteiger partial charge in [0.2, 0.25) is 0 Å². The van der Waals surface area contributed by atoms with Gasteiger partial charge in [-0.15, -0.1) is 0 Å². The van der Waals surface area contributed by atoms with Crippen molar-refractivity contribution in [3.8, 4) is 11.1 Å². The summed E-state index contributed by atoms with van der Waals surface area (Å²) in [5, 5.41) is 15.5. The Bertz CT molecular complexity index is 1670. The van der Waals surface area contributed by atoms with Crippen LogP contribution in [0.5, 0.6) is 0 Å². The number of likely N-dealkylation sites (N-methyl/N-ethyl adjacent to an activating group) is 1. The number of aliphatic hydroxyl groups is 1. The number of nitrogens with two attached hydrogens (primary N) is 1. The number of carbonyl (C=O) groups excluding carboxylic acids is 1. The van der Waals surface area contributed by atoms with E-state index in [1.807, 2.05) is 11.9 Å². The van der Waals surface area contributed by atoms with Crippen LogP contribution in [0, 0.1) is 5.82 Å². The normalized spacial score (nSPS) is 15.1. The number of piperazine rings is 1. The quantitative estimate of drug-likeness (QED) is 0.216. The SMILES string of the molecule is CN1CCN(Cc2ccc(NC(=O)Nc3ccc(-c4cn(CC(C)(C)O)c5ncnc(N)c45)cc3F)cc2C(F)(F)F)CC1. The molecule has 5 rings (SSSR count). The summed E-state index contributed by atoms with van der Waals surface area (Å²) in [6.07, 6.45) is -1.64. The lowest BCUT2D eigenvalue weighted by molar-refractivity contribution is -0.138. The minimum atomic E-state index is -4.62. The van der Waals surface area contributed by atoms with Gasteiger partial charge in [0, 0.05) is 50.2 Å². The lowest BCUT2D eigenvalue weighted by atomic mass is 10.0. The number of nitrogens with zero attached hydrogens (tertiary/aromatic N) is 5. The Morgan fingerprint density at radius 3 is 2.43 bits per heavy atom. The molecule has 10 nitrogen and oxygen atoms in total. The number of anilines is 3. The number of alkyl halides is 3. The van der Waals surface area contributed by atoms with E-state index in [0.29, 0.717) is 35.2 Å². The van der Waals surface area contributed by atoms with Gasteiger partial charge in [0.1, 0.15) is 23.6 Å². The molecule has 2 amide bonds. The van der Waals surface area contributed by atoms with E-state index in [1.54, 1.807) is 30.7 Å². The van der Waals surface area contributed by atoms with Gasteiger partial charge in [-0.25, -0.2) is 19.2 Å². The molecular weight excluding hydrogens is 580 g/mol. The van der Waals surface area contributed by atoms with Gasteiger partial charge in [-0.1, -0.05) is 12.1 Å². The molecule has 0 bridgehead atoms. The van der Waals surface area contributed by atoms with Crippen LogP contribution in [0.4, 0.5) is 39.5 Å². The third kappa shape index (κ3) is 7.09. The summed E-state index contributed by atoms with van der Waals surface area (Å²) in [7, 11) is 1.97. The molecule has 3 heterocycles. The van der Waals surface area contributed by atoms with Crippen LogP contribution >= 0.6 is 0 Å². The van der Waals surface area contributed by atoms with Crippen molar-refractivity contribution in [1.29, 1.82) is 0 Å². The molecule has 0 radical (unpaired) electrons. The smallest absolute Gasteiger partial charge is 0.389 e. The fourth-order valence-electron chi connectivity index (χ4n) is 5.27. The Morgan fingerprint density at radius 1 is 1.05 bits per heavy atom. The molecule has 14 heteroatoms. The summed E-state index contributed by atoms with van der Waals surface area (Å²) >= 11 is 0. The number of carbonyl (C=O) groups is 1. The van der Waals surface area contributed by atoms with Gasteiger partial charge >= 0.3 is 12.2 Å². The fourth-order valence-corrected chi connectivity index (χ4v) is 5.27. The van der Waals surface area contributed by atoms with E-state index in [2.05, 4.69) is 25.5 Å². The summed E-state index contributed by atoms with van der Waals surface area (Å²) in [4.78, 5) is 25.1. The van der Waals surface area contributed by atoms with E-state index in [1.165, 1.54) is 30.6 Å². The number of hydrogen-bond acceptors (Lipinski definition) is 7. The van der Waals surface area contributed by atoms with Crippen LogP contribution in [0.2, 0.25) is 0 Å². The molecular formula is C30H34F4N8O2. The van der Waals surface area contributed by atoms with Gasteiger partial charge in [-0.05, 0) is 56.3 Å². The maximum Gasteiger partial charge on any atom is 0.416 e. The van der Waals surface area contributed by atoms with Crippen molar-refractivity contribution in [3.63, 3.8) is 0 Å². The van der Waals surface area contributed by atoms with Crippen molar-refractivity contribution in [2.75, 3.05) is 49.6 Å². The third-order valence-electron chi connectivity index (χ3n) is 7.43. The van der Waals surface area contributed by atoms with E-state index in [0.717, 1.165) is 19.2 Å². The lowest BCUT2D eigenvalue weighted by Gasteiger charge is -2.33. The second-order valence-corrected chi connectivity index (χ2v) is 11.7. The van der Waals surface area contributed by atoms with E-state index in [4.69, 9.17) is 5.73 Å². The Hall–Kier alpha value is -4.27. The first-order valence-corrected chi connectivity index (χ1v) is 14.0. The molecule has 0 aliphatic carbocycles. The van der Waals surface area contributed by atoms with Gasteiger partial charge < -0.3 is 30.9 Å². The maximum absolute atomic E-state index is 15.2. The van der Waals surface area contributed by atoms with Gasteiger partial charge in [-0.2, -0.15) is 13.2 Å². The number of nitrogens with one attached hydrogen (secondary N) is 2. The molecule has 0 atom stereocenters. The molecule has 0 saturated carbocycles. The van der Waals surface area contributed by atoms with Crippen molar-refractivity contribution in [2.45, 2.75) is 38.7 Å². The van der Waals surface area contributed by atoms with Crippen LogP contribution in [-0.2, 0) is 19.3 Å². The zero-order valence-corrected chi connectivity index (χ0v) is 24.5. The Morgan fingerprint density at radius 2 is 1.77 bits per heavy atom. The van der Waals surface area contributed by atoms with Crippen molar-refractivity contribution >= 4 is 34.3 Å². The standard InChI is InChI=1S/C30H34F4N8O2/c1-29(2,44)16-42-15-21(25-26(35)36-17-37-27(25)42)18-5-7-24(23(31)12-18)39-28(43)38-20-6-4-19(22(13-20)30(32,33)34)14-41-10-8-40(3)9-11-41/h4-7,12-13,15,17,44H,8-11,14,16H2,1-3H3,(H2,35,36,37)(H2,38,39,43). The molecule has 44 heavy (non-hydrogen) atoms. The Balaban J connectivity index is 1.33. The van der Waals surface area contributed by atoms with E-state index >= 15 is 4.39 Å². The van der Waals surface area contributed by atoms with E-state index in [9.17, 15) is 23.1 Å². The van der Waals surface area contributed by atoms with Gasteiger partial charge in [-0.3, -0.25) is 4.90 Å². The first kappa shape index (κ1) is 31.2. The van der Waals surface area contributed by atoms with Crippen LogP contribution in [0.3, 0.4) is 0 Å². The first-order chi connectivity index (χ1) is 20.7. The predicted octanol–water partition coefficient (Wildman–Crippen LogP) is 5.00. The van der Waals surface area contributed by atoms with Crippen molar-refractivity contribution < 1.29 is 27.5 Å². The van der Waals surface area contributed by atoms with Crippen LogP contribution in [0.15, 0.2) is 48.9 Å². The number of halogens is 4. The Kier molecular flexibility index (Phi) is 8.51. The summed E-state index contributed by atoms with van der Waals surface area (Å²) < 4.78 is 58.7. The highest BCUT2D eigenvalue weighted by Crippen LogP contribution is 2.36. The number of fused-ring (bicyclic) bond motifs is 1. The van der Waals surface area contributed by atoms with Crippen molar-refractivity contribution in [2.24, 2.45) is 0 Å². The fraction of sp³-hybridized carbons (Fsp3) is 0.367. The van der Waals surface area contributed by atoms with Gasteiger partial charge in [0.15, 0.2) is 0 Å². The molecule has 5 N–H and O–H groups in total. The Labute approximate surface area is 251 Å². The lowest BCUT2D eigenvalue weighted by Crippen LogP contribution is -2.44. The summed E-state index contributed by atoms with van der Waals surface area (Å²) in [5.74, 6) is -0.607. The molecule has 4 aromatic rings. The number of rotatable bonds is 7. The van der Waals surface area contributed by atoms with E-state index in [-0.39, 0.29) is 35.8 Å². The molecule has 0 unspecified atom stereocenters. The minimum absolute atomic E-state index is 0.0796. The number of urea groups is 1. The number of benzene rings is 2. The molecule has 2 aromatic heterocycles. The third-order valence-corrected chi connectivity index (χ3v) is 7.43. The number of hydrogen-bond donors (Lipinski definition) is 4. The summed E-state index contributed by atoms with van der Waals surface area (Å²) in [5.41, 5.74) is 5.47.